The molecule has 1 spiro atoms. The Hall–Kier alpha value is -1.67. The third-order valence-corrected chi connectivity index (χ3v) is 7.42. The van der Waals surface area contributed by atoms with E-state index < -0.39 is 35.1 Å². The van der Waals surface area contributed by atoms with Crippen LogP contribution in [0, 0.1) is 17.8 Å². The van der Waals surface area contributed by atoms with Gasteiger partial charge in [0.25, 0.3) is 0 Å². The monoisotopic (exact) mass is 437 g/mol. The van der Waals surface area contributed by atoms with Gasteiger partial charge in [0.1, 0.15) is 11.6 Å². The number of fused-ring (bicyclic) bond motifs is 1. The second-order valence-electron chi connectivity index (χ2n) is 10.1. The van der Waals surface area contributed by atoms with Gasteiger partial charge in [-0.2, -0.15) is 0 Å². The predicted octanol–water partition coefficient (Wildman–Crippen LogP) is 1.21. The fourth-order valence-corrected chi connectivity index (χ4v) is 6.12. The van der Waals surface area contributed by atoms with E-state index >= 15 is 0 Å². The number of hydrogen-bond acceptors (Lipinski definition) is 5. The Morgan fingerprint density at radius 1 is 1.26 bits per heavy atom. The zero-order chi connectivity index (χ0) is 23.0. The van der Waals surface area contributed by atoms with Gasteiger partial charge in [0.15, 0.2) is 0 Å². The van der Waals surface area contributed by atoms with Crippen LogP contribution in [-0.4, -0.2) is 71.2 Å². The lowest BCUT2D eigenvalue weighted by molar-refractivity contribution is -0.150. The second kappa shape index (κ2) is 9.06. The Morgan fingerprint density at radius 3 is 2.55 bits per heavy atom. The first-order chi connectivity index (χ1) is 14.7. The van der Waals surface area contributed by atoms with Gasteiger partial charge in [-0.05, 0) is 38.5 Å². The van der Waals surface area contributed by atoms with E-state index in [4.69, 9.17) is 4.74 Å². The molecule has 2 unspecified atom stereocenters. The molecule has 0 saturated carbocycles. The number of nitrogens with one attached hydrogen (secondary N) is 2. The number of aliphatic hydroxyl groups is 1. The lowest BCUT2D eigenvalue weighted by atomic mass is 9.66. The molecule has 3 N–H and O–H groups in total. The van der Waals surface area contributed by atoms with Crippen LogP contribution in [0.4, 0.5) is 0 Å². The first-order valence-electron chi connectivity index (χ1n) is 11.8. The summed E-state index contributed by atoms with van der Waals surface area (Å²) in [6, 6.07) is -1.32. The number of aliphatic hydroxyl groups excluding tert-OH is 1. The van der Waals surface area contributed by atoms with E-state index in [1.807, 2.05) is 20.8 Å². The van der Waals surface area contributed by atoms with Crippen LogP contribution >= 0.6 is 0 Å². The molecule has 0 aromatic heterocycles. The summed E-state index contributed by atoms with van der Waals surface area (Å²) in [5.41, 5.74) is -1.79. The molecule has 3 saturated heterocycles. The summed E-state index contributed by atoms with van der Waals surface area (Å²) in [6.45, 7) is 8.35. The molecule has 8 nitrogen and oxygen atoms in total. The Bertz CT molecular complexity index is 713. The summed E-state index contributed by atoms with van der Waals surface area (Å²) in [6.07, 6.45) is 4.68. The van der Waals surface area contributed by atoms with Crippen molar-refractivity contribution in [3.8, 4) is 0 Å². The number of ether oxygens (including phenoxy) is 1. The Balaban J connectivity index is 2.00. The largest absolute Gasteiger partial charge is 0.394 e. The van der Waals surface area contributed by atoms with E-state index in [1.54, 1.807) is 11.9 Å². The first kappa shape index (κ1) is 24.0. The van der Waals surface area contributed by atoms with Crippen molar-refractivity contribution in [3.63, 3.8) is 0 Å². The van der Waals surface area contributed by atoms with Crippen molar-refractivity contribution in [3.05, 3.63) is 0 Å². The third-order valence-electron chi connectivity index (χ3n) is 7.42. The fraction of sp³-hybridized carbons (Fsp3) is 0.870. The lowest BCUT2D eigenvalue weighted by Crippen LogP contribution is -2.58. The highest BCUT2D eigenvalue weighted by atomic mass is 16.5. The van der Waals surface area contributed by atoms with E-state index in [1.165, 1.54) is 0 Å². The molecule has 8 heteroatoms. The summed E-state index contributed by atoms with van der Waals surface area (Å²) in [5.74, 6) is -1.82. The van der Waals surface area contributed by atoms with Crippen LogP contribution in [0.1, 0.15) is 66.2 Å². The van der Waals surface area contributed by atoms with Gasteiger partial charge in [-0.1, -0.05) is 33.6 Å². The van der Waals surface area contributed by atoms with Crippen LogP contribution in [0.25, 0.3) is 0 Å². The summed E-state index contributed by atoms with van der Waals surface area (Å²) in [7, 11) is 1.56. The van der Waals surface area contributed by atoms with Crippen molar-refractivity contribution in [1.29, 1.82) is 0 Å². The molecule has 3 aliphatic rings. The van der Waals surface area contributed by atoms with Crippen LogP contribution in [-0.2, 0) is 19.1 Å². The molecule has 31 heavy (non-hydrogen) atoms. The van der Waals surface area contributed by atoms with Crippen LogP contribution in [0.3, 0.4) is 0 Å². The number of unbranched alkanes of at least 4 members (excludes halogenated alkanes) is 2. The molecule has 3 heterocycles. The van der Waals surface area contributed by atoms with Crippen LogP contribution in [0.15, 0.2) is 0 Å². The Morgan fingerprint density at radius 2 is 1.97 bits per heavy atom. The number of nitrogens with zero attached hydrogens (tertiary/aromatic N) is 1. The van der Waals surface area contributed by atoms with Crippen molar-refractivity contribution in [2.45, 2.75) is 89.5 Å². The summed E-state index contributed by atoms with van der Waals surface area (Å²) >= 11 is 0. The van der Waals surface area contributed by atoms with Crippen molar-refractivity contribution < 1.29 is 24.2 Å². The van der Waals surface area contributed by atoms with Gasteiger partial charge in [-0.25, -0.2) is 0 Å². The van der Waals surface area contributed by atoms with Crippen LogP contribution in [0.5, 0.6) is 0 Å². The number of carbonyl (C=O) groups excluding carboxylic acids is 3. The highest BCUT2D eigenvalue weighted by Gasteiger charge is 2.78. The maximum atomic E-state index is 13.8. The van der Waals surface area contributed by atoms with E-state index in [-0.39, 0.29) is 30.2 Å². The number of amides is 3. The van der Waals surface area contributed by atoms with Crippen molar-refractivity contribution >= 4 is 17.7 Å². The molecule has 2 bridgehead atoms. The minimum absolute atomic E-state index is 0.226. The Labute approximate surface area is 185 Å². The Kier molecular flexibility index (Phi) is 7.01. The minimum Gasteiger partial charge on any atom is -0.394 e. The molecule has 3 amide bonds. The predicted molar refractivity (Wildman–Crippen MR) is 116 cm³/mol. The standard InChI is InChI=1S/C23H39N3O5/c1-6-7-8-11-25-20(29)18-23-10-9-22(4,31-23)16(19(28)24-5)17(23)21(30)26(18)15(13-27)12-14(2)3/h14-18,27H,6-13H2,1-5H3,(H,24,28)(H,25,29)/t15-,16-,17+,18?,22+,23?/m1/s1. The molecule has 0 aromatic rings. The molecular weight excluding hydrogens is 398 g/mol. The molecule has 6 atom stereocenters. The normalized spacial score (nSPS) is 34.9. The average molecular weight is 438 g/mol. The maximum Gasteiger partial charge on any atom is 0.245 e. The van der Waals surface area contributed by atoms with Crippen molar-refractivity contribution in [1.82, 2.24) is 15.5 Å². The average Bonchev–Trinajstić information content (AvgIpc) is 3.29. The van der Waals surface area contributed by atoms with Gasteiger partial charge in [-0.15, -0.1) is 0 Å². The fourth-order valence-electron chi connectivity index (χ4n) is 6.12. The summed E-state index contributed by atoms with van der Waals surface area (Å²) < 4.78 is 6.50. The topological polar surface area (TPSA) is 108 Å². The minimum atomic E-state index is -1.03. The smallest absolute Gasteiger partial charge is 0.245 e. The number of carbonyl (C=O) groups is 3. The van der Waals surface area contributed by atoms with Crippen LogP contribution < -0.4 is 10.6 Å². The summed E-state index contributed by atoms with van der Waals surface area (Å²) in [4.78, 5) is 41.7. The van der Waals surface area contributed by atoms with E-state index in [9.17, 15) is 19.5 Å². The maximum absolute atomic E-state index is 13.8. The number of likely N-dealkylation sites (tertiary alicyclic amines) is 1. The third kappa shape index (κ3) is 3.86. The molecule has 0 aromatic carbocycles. The molecule has 3 rings (SSSR count). The molecule has 0 radical (unpaired) electrons. The summed E-state index contributed by atoms with van der Waals surface area (Å²) in [5, 5.41) is 15.9. The van der Waals surface area contributed by atoms with Gasteiger partial charge < -0.3 is 25.4 Å². The van der Waals surface area contributed by atoms with E-state index in [0.29, 0.717) is 25.8 Å². The quantitative estimate of drug-likeness (QED) is 0.445. The molecule has 3 aliphatic heterocycles. The van der Waals surface area contributed by atoms with Gasteiger partial charge >= 0.3 is 0 Å². The zero-order valence-corrected chi connectivity index (χ0v) is 19.6. The van der Waals surface area contributed by atoms with E-state index in [0.717, 1.165) is 19.3 Å². The van der Waals surface area contributed by atoms with Crippen molar-refractivity contribution in [2.24, 2.45) is 17.8 Å². The molecule has 176 valence electrons. The number of hydrogen-bond donors (Lipinski definition) is 3. The van der Waals surface area contributed by atoms with Gasteiger partial charge in [0, 0.05) is 13.6 Å². The highest BCUT2D eigenvalue weighted by Crippen LogP contribution is 2.63. The second-order valence-corrected chi connectivity index (χ2v) is 10.1. The van der Waals surface area contributed by atoms with Gasteiger partial charge in [0.2, 0.25) is 17.7 Å². The molecule has 0 aliphatic carbocycles. The van der Waals surface area contributed by atoms with Gasteiger partial charge in [-0.3, -0.25) is 14.4 Å². The highest BCUT2D eigenvalue weighted by molar-refractivity contribution is 5.99. The zero-order valence-electron chi connectivity index (χ0n) is 19.6. The van der Waals surface area contributed by atoms with Crippen molar-refractivity contribution in [2.75, 3.05) is 20.2 Å². The SMILES string of the molecule is CCCCCNC(=O)C1N([C@@H](CO)CC(C)C)C(=O)[C@@H]2[C@H](C(=O)NC)[C@]3(C)CCC12O3. The van der Waals surface area contributed by atoms with E-state index in [2.05, 4.69) is 17.6 Å². The first-order valence-corrected chi connectivity index (χ1v) is 11.8. The molecular formula is C23H39N3O5. The number of rotatable bonds is 10. The molecule has 3 fully saturated rings. The van der Waals surface area contributed by atoms with Crippen LogP contribution in [0.2, 0.25) is 0 Å². The van der Waals surface area contributed by atoms with Gasteiger partial charge in [0.05, 0.1) is 30.1 Å². The lowest BCUT2D eigenvalue weighted by Gasteiger charge is -2.37.